The van der Waals surface area contributed by atoms with Gasteiger partial charge in [0, 0.05) is 18.3 Å². The van der Waals surface area contributed by atoms with Gasteiger partial charge < -0.3 is 5.32 Å². The van der Waals surface area contributed by atoms with Crippen LogP contribution >= 0.6 is 11.3 Å². The maximum atomic E-state index is 12.8. The summed E-state index contributed by atoms with van der Waals surface area (Å²) in [4.78, 5) is 19.2. The third-order valence-corrected chi connectivity index (χ3v) is 2.73. The van der Waals surface area contributed by atoms with E-state index >= 15 is 0 Å². The molecule has 88 valence electrons. The zero-order chi connectivity index (χ0) is 12.1. The molecule has 0 bridgehead atoms. The largest absolute Gasteiger partial charge is 0.350 e. The summed E-state index contributed by atoms with van der Waals surface area (Å²) in [5.41, 5.74) is 2.76. The molecule has 1 N–H and O–H groups in total. The second kappa shape index (κ2) is 5.49. The van der Waals surface area contributed by atoms with E-state index in [4.69, 9.17) is 0 Å². The monoisotopic (exact) mass is 251 g/mol. The Morgan fingerprint density at radius 3 is 3.06 bits per heavy atom. The molecule has 0 atom stereocenters. The number of pyridine rings is 1. The SMILES string of the molecule is O=C(NCCc1cscn1)c1cccc(F)n1. The van der Waals surface area contributed by atoms with E-state index in [-0.39, 0.29) is 11.6 Å². The molecule has 0 radical (unpaired) electrons. The summed E-state index contributed by atoms with van der Waals surface area (Å²) < 4.78 is 12.8. The summed E-state index contributed by atoms with van der Waals surface area (Å²) in [6.45, 7) is 0.459. The molecule has 0 fully saturated rings. The zero-order valence-corrected chi connectivity index (χ0v) is 9.71. The van der Waals surface area contributed by atoms with Gasteiger partial charge in [0.1, 0.15) is 5.69 Å². The number of carbonyl (C=O) groups excluding carboxylic acids is 1. The number of carbonyl (C=O) groups is 1. The van der Waals surface area contributed by atoms with Gasteiger partial charge in [0.05, 0.1) is 11.2 Å². The Balaban J connectivity index is 1.85. The smallest absolute Gasteiger partial charge is 0.270 e. The van der Waals surface area contributed by atoms with Crippen molar-refractivity contribution in [2.45, 2.75) is 6.42 Å². The van der Waals surface area contributed by atoms with Gasteiger partial charge in [0.15, 0.2) is 0 Å². The lowest BCUT2D eigenvalue weighted by Gasteiger charge is -2.03. The highest BCUT2D eigenvalue weighted by atomic mass is 32.1. The van der Waals surface area contributed by atoms with E-state index in [1.165, 1.54) is 29.5 Å². The van der Waals surface area contributed by atoms with Gasteiger partial charge in [-0.2, -0.15) is 4.39 Å². The molecule has 1 amide bonds. The van der Waals surface area contributed by atoms with E-state index in [1.807, 2.05) is 5.38 Å². The zero-order valence-electron chi connectivity index (χ0n) is 8.89. The molecule has 2 aromatic rings. The van der Waals surface area contributed by atoms with Gasteiger partial charge in [-0.05, 0) is 12.1 Å². The van der Waals surface area contributed by atoms with E-state index < -0.39 is 5.95 Å². The highest BCUT2D eigenvalue weighted by Crippen LogP contribution is 2.01. The fourth-order valence-corrected chi connectivity index (χ4v) is 1.88. The number of hydrogen-bond donors (Lipinski definition) is 1. The topological polar surface area (TPSA) is 54.9 Å². The van der Waals surface area contributed by atoms with Gasteiger partial charge in [-0.15, -0.1) is 11.3 Å². The minimum absolute atomic E-state index is 0.0864. The molecule has 0 spiro atoms. The van der Waals surface area contributed by atoms with Crippen molar-refractivity contribution >= 4 is 17.2 Å². The number of thiazole rings is 1. The third kappa shape index (κ3) is 3.32. The first-order valence-electron chi connectivity index (χ1n) is 5.03. The fraction of sp³-hybridized carbons (Fsp3) is 0.182. The minimum atomic E-state index is -0.655. The van der Waals surface area contributed by atoms with Gasteiger partial charge in [-0.3, -0.25) is 4.79 Å². The number of rotatable bonds is 4. The highest BCUT2D eigenvalue weighted by molar-refractivity contribution is 7.07. The highest BCUT2D eigenvalue weighted by Gasteiger charge is 2.07. The van der Waals surface area contributed by atoms with Crippen LogP contribution in [0.15, 0.2) is 29.1 Å². The molecule has 0 aromatic carbocycles. The third-order valence-electron chi connectivity index (χ3n) is 2.10. The van der Waals surface area contributed by atoms with Gasteiger partial charge >= 0.3 is 0 Å². The number of halogens is 1. The van der Waals surface area contributed by atoms with E-state index in [1.54, 1.807) is 5.51 Å². The second-order valence-corrected chi connectivity index (χ2v) is 4.05. The molecule has 17 heavy (non-hydrogen) atoms. The van der Waals surface area contributed by atoms with Crippen LogP contribution in [-0.4, -0.2) is 22.4 Å². The van der Waals surface area contributed by atoms with Gasteiger partial charge in [0.2, 0.25) is 5.95 Å². The molecule has 0 aliphatic carbocycles. The van der Waals surface area contributed by atoms with Gasteiger partial charge in [-0.25, -0.2) is 9.97 Å². The van der Waals surface area contributed by atoms with Crippen molar-refractivity contribution in [1.29, 1.82) is 0 Å². The van der Waals surface area contributed by atoms with Crippen LogP contribution in [0.3, 0.4) is 0 Å². The van der Waals surface area contributed by atoms with E-state index in [0.717, 1.165) is 5.69 Å². The Morgan fingerprint density at radius 2 is 2.35 bits per heavy atom. The second-order valence-electron chi connectivity index (χ2n) is 3.33. The Labute approximate surface area is 102 Å². The van der Waals surface area contributed by atoms with Gasteiger partial charge in [0.25, 0.3) is 5.91 Å². The lowest BCUT2D eigenvalue weighted by atomic mass is 10.3. The number of nitrogens with one attached hydrogen (secondary N) is 1. The molecule has 2 heterocycles. The molecule has 2 aromatic heterocycles. The lowest BCUT2D eigenvalue weighted by Crippen LogP contribution is -2.26. The van der Waals surface area contributed by atoms with Crippen LogP contribution in [0, 0.1) is 5.95 Å². The average molecular weight is 251 g/mol. The Kier molecular flexibility index (Phi) is 3.77. The molecule has 0 saturated heterocycles. The number of aromatic nitrogens is 2. The molecule has 4 nitrogen and oxygen atoms in total. The van der Waals surface area contributed by atoms with Crippen molar-refractivity contribution in [3.63, 3.8) is 0 Å². The Hall–Kier alpha value is -1.82. The average Bonchev–Trinajstić information content (AvgIpc) is 2.82. The molecular formula is C11H10FN3OS. The summed E-state index contributed by atoms with van der Waals surface area (Å²) in [7, 11) is 0. The summed E-state index contributed by atoms with van der Waals surface area (Å²) >= 11 is 1.51. The van der Waals surface area contributed by atoms with Crippen molar-refractivity contribution in [2.75, 3.05) is 6.54 Å². The summed E-state index contributed by atoms with van der Waals surface area (Å²) in [5.74, 6) is -1.03. The van der Waals surface area contributed by atoms with Crippen molar-refractivity contribution in [1.82, 2.24) is 15.3 Å². The maximum absolute atomic E-state index is 12.8. The summed E-state index contributed by atoms with van der Waals surface area (Å²) in [5, 5.41) is 4.58. The van der Waals surface area contributed by atoms with Crippen molar-refractivity contribution in [3.8, 4) is 0 Å². The fourth-order valence-electron chi connectivity index (χ4n) is 1.29. The minimum Gasteiger partial charge on any atom is -0.350 e. The van der Waals surface area contributed by atoms with Crippen LogP contribution in [0.5, 0.6) is 0 Å². The molecule has 6 heteroatoms. The van der Waals surface area contributed by atoms with Crippen LogP contribution in [0.1, 0.15) is 16.2 Å². The van der Waals surface area contributed by atoms with Crippen molar-refractivity contribution in [3.05, 3.63) is 46.4 Å². The van der Waals surface area contributed by atoms with E-state index in [0.29, 0.717) is 13.0 Å². The van der Waals surface area contributed by atoms with E-state index in [2.05, 4.69) is 15.3 Å². The molecule has 0 aliphatic heterocycles. The van der Waals surface area contributed by atoms with Crippen LogP contribution in [0.2, 0.25) is 0 Å². The maximum Gasteiger partial charge on any atom is 0.270 e. The standard InChI is InChI=1S/C11H10FN3OS/c12-10-3-1-2-9(15-10)11(16)13-5-4-8-6-17-7-14-8/h1-3,6-7H,4-5H2,(H,13,16). The molecule has 0 unspecified atom stereocenters. The van der Waals surface area contributed by atoms with Crippen molar-refractivity contribution in [2.24, 2.45) is 0 Å². The molecule has 0 aliphatic rings. The quantitative estimate of drug-likeness (QED) is 0.841. The first kappa shape index (κ1) is 11.7. The molecule has 2 rings (SSSR count). The predicted octanol–water partition coefficient (Wildman–Crippen LogP) is 1.65. The number of hydrogen-bond acceptors (Lipinski definition) is 4. The number of amides is 1. The van der Waals surface area contributed by atoms with Gasteiger partial charge in [-0.1, -0.05) is 6.07 Å². The van der Waals surface area contributed by atoms with Crippen LogP contribution in [0.25, 0.3) is 0 Å². The van der Waals surface area contributed by atoms with Crippen molar-refractivity contribution < 1.29 is 9.18 Å². The Bertz CT molecular complexity index is 501. The Morgan fingerprint density at radius 1 is 1.47 bits per heavy atom. The summed E-state index contributed by atoms with van der Waals surface area (Å²) in [6, 6.07) is 4.13. The lowest BCUT2D eigenvalue weighted by molar-refractivity contribution is 0.0948. The van der Waals surface area contributed by atoms with Crippen LogP contribution in [-0.2, 0) is 6.42 Å². The number of nitrogens with zero attached hydrogens (tertiary/aromatic N) is 2. The first-order chi connectivity index (χ1) is 8.25. The first-order valence-corrected chi connectivity index (χ1v) is 5.98. The molecule has 0 saturated carbocycles. The summed E-state index contributed by atoms with van der Waals surface area (Å²) in [6.07, 6.45) is 0.657. The van der Waals surface area contributed by atoms with Crippen LogP contribution in [0.4, 0.5) is 4.39 Å². The van der Waals surface area contributed by atoms with Crippen LogP contribution < -0.4 is 5.32 Å². The predicted molar refractivity (Wildman–Crippen MR) is 62.3 cm³/mol. The normalized spacial score (nSPS) is 10.2. The van der Waals surface area contributed by atoms with E-state index in [9.17, 15) is 9.18 Å². The molecular weight excluding hydrogens is 241 g/mol.